The Balaban J connectivity index is 2.43. The van der Waals surface area contributed by atoms with Crippen LogP contribution in [0, 0.1) is 13.8 Å². The minimum absolute atomic E-state index is 0.0996. The molecule has 0 bridgehead atoms. The molecular formula is C13H14O6. The molecule has 19 heavy (non-hydrogen) atoms. The van der Waals surface area contributed by atoms with Crippen LogP contribution in [0.3, 0.4) is 0 Å². The van der Waals surface area contributed by atoms with E-state index in [1.807, 2.05) is 0 Å². The van der Waals surface area contributed by atoms with Crippen LogP contribution >= 0.6 is 0 Å². The molecule has 6 heteroatoms. The number of hydrogen-bond acceptors (Lipinski definition) is 6. The minimum Gasteiger partial charge on any atom is -0.507 e. The van der Waals surface area contributed by atoms with Crippen molar-refractivity contribution < 1.29 is 28.9 Å². The van der Waals surface area contributed by atoms with Gasteiger partial charge in [0.05, 0.1) is 7.11 Å². The van der Waals surface area contributed by atoms with Crippen molar-refractivity contribution in [1.82, 2.24) is 0 Å². The molecule has 102 valence electrons. The van der Waals surface area contributed by atoms with Gasteiger partial charge in [-0.25, -0.2) is 9.59 Å². The molecule has 0 unspecified atom stereocenters. The number of methoxy groups -OCH3 is 1. The summed E-state index contributed by atoms with van der Waals surface area (Å²) >= 11 is 0. The lowest BCUT2D eigenvalue weighted by atomic mass is 9.98. The van der Waals surface area contributed by atoms with Crippen LogP contribution in [0.1, 0.15) is 27.0 Å². The van der Waals surface area contributed by atoms with Gasteiger partial charge in [-0.15, -0.1) is 0 Å². The number of fused-ring (bicyclic) bond motifs is 1. The average molecular weight is 266 g/mol. The largest absolute Gasteiger partial charge is 0.507 e. The van der Waals surface area contributed by atoms with Crippen molar-refractivity contribution in [3.8, 4) is 11.5 Å². The standard InChI is InChI=1S/C13H14O6/c1-6-8-4-19-13(16)10(8)11(15)7(2)12(6)18-5-9(14)17-3/h15H,4-5H2,1-3H3. The Bertz CT molecular complexity index is 561. The van der Waals surface area contributed by atoms with E-state index in [1.54, 1.807) is 13.8 Å². The summed E-state index contributed by atoms with van der Waals surface area (Å²) in [6, 6.07) is 0. The Morgan fingerprint density at radius 1 is 1.37 bits per heavy atom. The summed E-state index contributed by atoms with van der Waals surface area (Å²) in [6.45, 7) is 3.20. The Kier molecular flexibility index (Phi) is 3.33. The number of phenols is 1. The number of carbonyl (C=O) groups excluding carboxylic acids is 2. The maximum absolute atomic E-state index is 11.5. The first-order chi connectivity index (χ1) is 8.97. The number of rotatable bonds is 3. The highest BCUT2D eigenvalue weighted by Crippen LogP contribution is 2.40. The van der Waals surface area contributed by atoms with Gasteiger partial charge in [0.1, 0.15) is 23.7 Å². The van der Waals surface area contributed by atoms with Crippen LogP contribution in [0.5, 0.6) is 11.5 Å². The van der Waals surface area contributed by atoms with E-state index in [0.29, 0.717) is 22.4 Å². The second kappa shape index (κ2) is 4.79. The van der Waals surface area contributed by atoms with Crippen molar-refractivity contribution in [3.05, 3.63) is 22.3 Å². The maximum atomic E-state index is 11.5. The van der Waals surface area contributed by atoms with Crippen LogP contribution in [0.2, 0.25) is 0 Å². The van der Waals surface area contributed by atoms with E-state index in [4.69, 9.17) is 9.47 Å². The summed E-state index contributed by atoms with van der Waals surface area (Å²) in [6.07, 6.45) is 0. The number of hydrogen-bond donors (Lipinski definition) is 1. The number of esters is 2. The normalized spacial score (nSPS) is 12.9. The monoisotopic (exact) mass is 266 g/mol. The van der Waals surface area contributed by atoms with Crippen molar-refractivity contribution in [2.24, 2.45) is 0 Å². The number of phenolic OH excluding ortho intramolecular Hbond substituents is 1. The first kappa shape index (κ1) is 13.2. The predicted molar refractivity (Wildman–Crippen MR) is 64.2 cm³/mol. The van der Waals surface area contributed by atoms with Gasteiger partial charge in [-0.1, -0.05) is 0 Å². The summed E-state index contributed by atoms with van der Waals surface area (Å²) in [5, 5.41) is 10.0. The second-order valence-corrected chi connectivity index (χ2v) is 4.22. The van der Waals surface area contributed by atoms with Crippen molar-refractivity contribution in [3.63, 3.8) is 0 Å². The van der Waals surface area contributed by atoms with Crippen LogP contribution in [-0.2, 0) is 20.9 Å². The fourth-order valence-electron chi connectivity index (χ4n) is 2.06. The zero-order chi connectivity index (χ0) is 14.2. The molecule has 0 aliphatic carbocycles. The Morgan fingerprint density at radius 3 is 2.68 bits per heavy atom. The highest BCUT2D eigenvalue weighted by Gasteiger charge is 2.31. The van der Waals surface area contributed by atoms with E-state index in [0.717, 1.165) is 0 Å². The fourth-order valence-corrected chi connectivity index (χ4v) is 2.06. The lowest BCUT2D eigenvalue weighted by Gasteiger charge is -2.15. The summed E-state index contributed by atoms with van der Waals surface area (Å²) in [5.74, 6) is -0.854. The van der Waals surface area contributed by atoms with Crippen molar-refractivity contribution in [2.45, 2.75) is 20.5 Å². The van der Waals surface area contributed by atoms with E-state index in [9.17, 15) is 14.7 Å². The first-order valence-electron chi connectivity index (χ1n) is 5.69. The summed E-state index contributed by atoms with van der Waals surface area (Å²) in [7, 11) is 1.26. The number of ether oxygens (including phenoxy) is 3. The molecule has 1 aliphatic heterocycles. The van der Waals surface area contributed by atoms with Gasteiger partial charge in [0.2, 0.25) is 0 Å². The van der Waals surface area contributed by atoms with Gasteiger partial charge in [0.25, 0.3) is 0 Å². The third-order valence-corrected chi connectivity index (χ3v) is 3.14. The van der Waals surface area contributed by atoms with Crippen molar-refractivity contribution >= 4 is 11.9 Å². The summed E-state index contributed by atoms with van der Waals surface area (Å²) in [4.78, 5) is 22.6. The molecule has 0 atom stereocenters. The molecule has 1 aromatic carbocycles. The molecule has 0 spiro atoms. The smallest absolute Gasteiger partial charge is 0.343 e. The van der Waals surface area contributed by atoms with Crippen molar-refractivity contribution in [1.29, 1.82) is 0 Å². The van der Waals surface area contributed by atoms with Crippen molar-refractivity contribution in [2.75, 3.05) is 13.7 Å². The first-order valence-corrected chi connectivity index (χ1v) is 5.69. The molecule has 6 nitrogen and oxygen atoms in total. The van der Waals surface area contributed by atoms with Crippen LogP contribution in [0.15, 0.2) is 0 Å². The van der Waals surface area contributed by atoms with Gasteiger partial charge in [-0.05, 0) is 19.4 Å². The van der Waals surface area contributed by atoms with Gasteiger partial charge in [0.15, 0.2) is 6.61 Å². The van der Waals surface area contributed by atoms with E-state index < -0.39 is 11.9 Å². The molecule has 0 radical (unpaired) electrons. The summed E-state index contributed by atoms with van der Waals surface area (Å²) < 4.78 is 14.7. The molecule has 0 fully saturated rings. The predicted octanol–water partition coefficient (Wildman–Crippen LogP) is 1.23. The highest BCUT2D eigenvalue weighted by atomic mass is 16.6. The van der Waals surface area contributed by atoms with Gasteiger partial charge < -0.3 is 19.3 Å². The van der Waals surface area contributed by atoms with Crippen LogP contribution < -0.4 is 4.74 Å². The number of aromatic hydroxyl groups is 1. The average Bonchev–Trinajstić information content (AvgIpc) is 2.78. The zero-order valence-corrected chi connectivity index (χ0v) is 10.9. The number of cyclic esters (lactones) is 1. The molecule has 0 amide bonds. The van der Waals surface area contributed by atoms with E-state index in [-0.39, 0.29) is 24.5 Å². The van der Waals surface area contributed by atoms with E-state index in [2.05, 4.69) is 4.74 Å². The van der Waals surface area contributed by atoms with Crippen LogP contribution in [0.25, 0.3) is 0 Å². The molecule has 0 saturated carbocycles. The van der Waals surface area contributed by atoms with Gasteiger partial charge in [-0.3, -0.25) is 0 Å². The van der Waals surface area contributed by atoms with E-state index >= 15 is 0 Å². The quantitative estimate of drug-likeness (QED) is 0.829. The highest BCUT2D eigenvalue weighted by molar-refractivity contribution is 5.97. The molecule has 0 aromatic heterocycles. The Labute approximate surface area is 109 Å². The van der Waals surface area contributed by atoms with Crippen LogP contribution in [-0.4, -0.2) is 30.8 Å². The maximum Gasteiger partial charge on any atom is 0.343 e. The molecule has 1 aliphatic rings. The van der Waals surface area contributed by atoms with Gasteiger partial charge >= 0.3 is 11.9 Å². The van der Waals surface area contributed by atoms with Crippen LogP contribution in [0.4, 0.5) is 0 Å². The lowest BCUT2D eigenvalue weighted by molar-refractivity contribution is -0.142. The number of benzene rings is 1. The molecule has 2 rings (SSSR count). The fraction of sp³-hybridized carbons (Fsp3) is 0.385. The lowest BCUT2D eigenvalue weighted by Crippen LogP contribution is -2.14. The van der Waals surface area contributed by atoms with Gasteiger partial charge in [-0.2, -0.15) is 0 Å². The molecule has 0 saturated heterocycles. The molecule has 1 heterocycles. The van der Waals surface area contributed by atoms with E-state index in [1.165, 1.54) is 7.11 Å². The molecular weight excluding hydrogens is 252 g/mol. The van der Waals surface area contributed by atoms with Gasteiger partial charge in [0, 0.05) is 11.1 Å². The summed E-state index contributed by atoms with van der Waals surface area (Å²) in [5.41, 5.74) is 1.85. The number of carbonyl (C=O) groups is 2. The Morgan fingerprint density at radius 2 is 2.05 bits per heavy atom. The minimum atomic E-state index is -0.543. The third-order valence-electron chi connectivity index (χ3n) is 3.14. The topological polar surface area (TPSA) is 82.1 Å². The zero-order valence-electron chi connectivity index (χ0n) is 10.9. The second-order valence-electron chi connectivity index (χ2n) is 4.22. The SMILES string of the molecule is COC(=O)COc1c(C)c(O)c2c(c1C)COC2=O. The molecule has 1 N–H and O–H groups in total. The molecule has 1 aromatic rings. The third kappa shape index (κ3) is 2.09. The Hall–Kier alpha value is -2.24.